The molecule has 128 valence electrons. The summed E-state index contributed by atoms with van der Waals surface area (Å²) in [7, 11) is 0. The van der Waals surface area contributed by atoms with Gasteiger partial charge in [-0.05, 0) is 47.0 Å². The van der Waals surface area contributed by atoms with Gasteiger partial charge in [-0.1, -0.05) is 35.2 Å². The van der Waals surface area contributed by atoms with Crippen LogP contribution in [0.4, 0.5) is 5.69 Å². The maximum absolute atomic E-state index is 12.7. The lowest BCUT2D eigenvalue weighted by molar-refractivity contribution is -0.144. The third kappa shape index (κ3) is 3.42. The van der Waals surface area contributed by atoms with Crippen molar-refractivity contribution in [1.29, 1.82) is 0 Å². The van der Waals surface area contributed by atoms with Crippen molar-refractivity contribution in [1.82, 2.24) is 4.90 Å². The molecule has 0 radical (unpaired) electrons. The number of anilines is 1. The maximum Gasteiger partial charge on any atom is 0.244 e. The minimum absolute atomic E-state index is 0.169. The Morgan fingerprint density at radius 3 is 2.54 bits per heavy atom. The SMILES string of the molecule is O=C(CN1C(=O)CC2(CCCCC2)C1=O)Nc1ccc(Br)cc1Br. The summed E-state index contributed by atoms with van der Waals surface area (Å²) < 4.78 is 1.62. The third-order valence-electron chi connectivity index (χ3n) is 4.81. The van der Waals surface area contributed by atoms with Gasteiger partial charge >= 0.3 is 0 Å². The number of hydrogen-bond donors (Lipinski definition) is 1. The molecule has 3 amide bonds. The first-order valence-corrected chi connectivity index (χ1v) is 9.60. The highest BCUT2D eigenvalue weighted by Gasteiger charge is 2.51. The van der Waals surface area contributed by atoms with Crippen molar-refractivity contribution in [2.45, 2.75) is 38.5 Å². The quantitative estimate of drug-likeness (QED) is 0.700. The van der Waals surface area contributed by atoms with Crippen molar-refractivity contribution >= 4 is 55.3 Å². The largest absolute Gasteiger partial charge is 0.323 e. The number of rotatable bonds is 3. The van der Waals surface area contributed by atoms with E-state index in [1.807, 2.05) is 12.1 Å². The normalized spacial score (nSPS) is 19.8. The van der Waals surface area contributed by atoms with Gasteiger partial charge in [-0.2, -0.15) is 0 Å². The highest BCUT2D eigenvalue weighted by atomic mass is 79.9. The monoisotopic (exact) mass is 456 g/mol. The van der Waals surface area contributed by atoms with E-state index in [1.54, 1.807) is 6.07 Å². The van der Waals surface area contributed by atoms with Crippen LogP contribution in [0.1, 0.15) is 38.5 Å². The van der Waals surface area contributed by atoms with Crippen molar-refractivity contribution in [3.8, 4) is 0 Å². The van der Waals surface area contributed by atoms with Crippen LogP contribution < -0.4 is 5.32 Å². The summed E-state index contributed by atoms with van der Waals surface area (Å²) >= 11 is 6.73. The molecule has 1 N–H and O–H groups in total. The lowest BCUT2D eigenvalue weighted by atomic mass is 9.73. The third-order valence-corrected chi connectivity index (χ3v) is 5.96. The number of nitrogens with one attached hydrogen (secondary N) is 1. The first-order valence-electron chi connectivity index (χ1n) is 8.01. The lowest BCUT2D eigenvalue weighted by Crippen LogP contribution is -2.41. The van der Waals surface area contributed by atoms with Gasteiger partial charge in [0.2, 0.25) is 17.7 Å². The lowest BCUT2D eigenvalue weighted by Gasteiger charge is -2.30. The summed E-state index contributed by atoms with van der Waals surface area (Å²) in [5.41, 5.74) is 0.0584. The summed E-state index contributed by atoms with van der Waals surface area (Å²) in [6, 6.07) is 5.38. The van der Waals surface area contributed by atoms with E-state index in [0.717, 1.165) is 45.9 Å². The van der Waals surface area contributed by atoms with Crippen LogP contribution in [0.15, 0.2) is 27.1 Å². The zero-order chi connectivity index (χ0) is 17.3. The Kier molecular flexibility index (Phi) is 5.11. The van der Waals surface area contributed by atoms with Crippen LogP contribution in [-0.4, -0.2) is 29.2 Å². The number of halogens is 2. The zero-order valence-electron chi connectivity index (χ0n) is 13.1. The molecule has 24 heavy (non-hydrogen) atoms. The van der Waals surface area contributed by atoms with Crippen LogP contribution in [0, 0.1) is 5.41 Å². The Morgan fingerprint density at radius 2 is 1.88 bits per heavy atom. The first kappa shape index (κ1) is 17.6. The van der Waals surface area contributed by atoms with Crippen LogP contribution in [-0.2, 0) is 14.4 Å². The molecule has 2 fully saturated rings. The van der Waals surface area contributed by atoms with Crippen molar-refractivity contribution in [3.05, 3.63) is 27.1 Å². The van der Waals surface area contributed by atoms with Gasteiger partial charge < -0.3 is 5.32 Å². The molecule has 1 heterocycles. The van der Waals surface area contributed by atoms with E-state index >= 15 is 0 Å². The molecule has 3 rings (SSSR count). The van der Waals surface area contributed by atoms with E-state index in [2.05, 4.69) is 37.2 Å². The van der Waals surface area contributed by atoms with Crippen molar-refractivity contribution in [2.24, 2.45) is 5.41 Å². The van der Waals surface area contributed by atoms with E-state index in [4.69, 9.17) is 0 Å². The van der Waals surface area contributed by atoms with Gasteiger partial charge in [0.05, 0.1) is 11.1 Å². The fourth-order valence-electron chi connectivity index (χ4n) is 3.56. The Labute approximate surface area is 157 Å². The van der Waals surface area contributed by atoms with Gasteiger partial charge in [-0.15, -0.1) is 0 Å². The number of nitrogens with zero attached hydrogens (tertiary/aromatic N) is 1. The van der Waals surface area contributed by atoms with E-state index in [9.17, 15) is 14.4 Å². The summed E-state index contributed by atoms with van der Waals surface area (Å²) in [5, 5.41) is 2.74. The number of benzene rings is 1. The van der Waals surface area contributed by atoms with Gasteiger partial charge in [0.15, 0.2) is 0 Å². The Morgan fingerprint density at radius 1 is 1.17 bits per heavy atom. The molecule has 0 aromatic heterocycles. The van der Waals surface area contributed by atoms with E-state index < -0.39 is 5.41 Å². The van der Waals surface area contributed by atoms with Crippen LogP contribution in [0.5, 0.6) is 0 Å². The van der Waals surface area contributed by atoms with E-state index in [1.165, 1.54) is 0 Å². The van der Waals surface area contributed by atoms with Crippen molar-refractivity contribution < 1.29 is 14.4 Å². The summed E-state index contributed by atoms with van der Waals surface area (Å²) in [4.78, 5) is 38.4. The average molecular weight is 458 g/mol. The van der Waals surface area contributed by atoms with Gasteiger partial charge in [0, 0.05) is 15.4 Å². The number of carbonyl (C=O) groups is 3. The molecule has 1 spiro atoms. The van der Waals surface area contributed by atoms with Gasteiger partial charge in [-0.25, -0.2) is 0 Å². The topological polar surface area (TPSA) is 66.5 Å². The van der Waals surface area contributed by atoms with E-state index in [0.29, 0.717) is 5.69 Å². The van der Waals surface area contributed by atoms with Crippen LogP contribution in [0.3, 0.4) is 0 Å². The average Bonchev–Trinajstić information content (AvgIpc) is 2.75. The minimum atomic E-state index is -0.548. The zero-order valence-corrected chi connectivity index (χ0v) is 16.3. The first-order chi connectivity index (χ1) is 11.4. The fourth-order valence-corrected chi connectivity index (χ4v) is 4.71. The Hall–Kier alpha value is -1.21. The molecule has 0 atom stereocenters. The molecule has 1 aromatic rings. The van der Waals surface area contributed by atoms with Gasteiger partial charge in [-0.3, -0.25) is 19.3 Å². The number of likely N-dealkylation sites (tertiary alicyclic amines) is 1. The molecule has 1 saturated heterocycles. The highest BCUT2D eigenvalue weighted by Crippen LogP contribution is 2.45. The minimum Gasteiger partial charge on any atom is -0.323 e. The molecule has 1 saturated carbocycles. The maximum atomic E-state index is 12.7. The van der Waals surface area contributed by atoms with Crippen molar-refractivity contribution in [2.75, 3.05) is 11.9 Å². The Bertz CT molecular complexity index is 699. The van der Waals surface area contributed by atoms with Crippen molar-refractivity contribution in [3.63, 3.8) is 0 Å². The summed E-state index contributed by atoms with van der Waals surface area (Å²) in [6.07, 6.45) is 4.83. The predicted octanol–water partition coefficient (Wildman–Crippen LogP) is 3.86. The predicted molar refractivity (Wildman–Crippen MR) is 97.3 cm³/mol. The number of imide groups is 1. The molecule has 5 nitrogen and oxygen atoms in total. The van der Waals surface area contributed by atoms with Crippen LogP contribution in [0.25, 0.3) is 0 Å². The molecular formula is C17H18Br2N2O3. The fraction of sp³-hybridized carbons (Fsp3) is 0.471. The Balaban J connectivity index is 1.68. The smallest absolute Gasteiger partial charge is 0.244 e. The second-order valence-corrected chi connectivity index (χ2v) is 8.25. The number of amides is 3. The number of carbonyl (C=O) groups excluding carboxylic acids is 3. The second-order valence-electron chi connectivity index (χ2n) is 6.48. The standard InChI is InChI=1S/C17H18Br2N2O3/c18-11-4-5-13(12(19)8-11)20-14(22)10-21-15(23)9-17(16(21)24)6-2-1-3-7-17/h4-5,8H,1-3,6-7,9-10H2,(H,20,22). The van der Waals surface area contributed by atoms with Gasteiger partial charge in [0.25, 0.3) is 0 Å². The van der Waals surface area contributed by atoms with Gasteiger partial charge in [0.1, 0.15) is 6.54 Å². The highest BCUT2D eigenvalue weighted by molar-refractivity contribution is 9.11. The summed E-state index contributed by atoms with van der Waals surface area (Å²) in [6.45, 7) is -0.220. The molecule has 2 aliphatic rings. The van der Waals surface area contributed by atoms with E-state index in [-0.39, 0.29) is 30.7 Å². The van der Waals surface area contributed by atoms with Crippen LogP contribution >= 0.6 is 31.9 Å². The molecule has 1 aliphatic carbocycles. The molecule has 0 bridgehead atoms. The second kappa shape index (κ2) is 6.96. The summed E-state index contributed by atoms with van der Waals surface area (Å²) in [5.74, 6) is -0.767. The molecule has 7 heteroatoms. The molecular weight excluding hydrogens is 440 g/mol. The van der Waals surface area contributed by atoms with Crippen LogP contribution in [0.2, 0.25) is 0 Å². The molecule has 1 aromatic carbocycles. The molecule has 1 aliphatic heterocycles. The number of hydrogen-bond acceptors (Lipinski definition) is 3. The molecule has 0 unspecified atom stereocenters.